The van der Waals surface area contributed by atoms with E-state index >= 15 is 0 Å². The van der Waals surface area contributed by atoms with Gasteiger partial charge in [-0.05, 0) is 19.4 Å². The van der Waals surface area contributed by atoms with Gasteiger partial charge in [0.15, 0.2) is 0 Å². The lowest BCUT2D eigenvalue weighted by Crippen LogP contribution is -2.45. The van der Waals surface area contributed by atoms with Crippen LogP contribution in [0.1, 0.15) is 19.8 Å². The Morgan fingerprint density at radius 3 is 3.00 bits per heavy atom. The zero-order valence-corrected chi connectivity index (χ0v) is 10.4. The monoisotopic (exact) mass is 242 g/mol. The zero-order chi connectivity index (χ0) is 12.1. The van der Waals surface area contributed by atoms with Gasteiger partial charge in [-0.15, -0.1) is 0 Å². The Bertz CT molecular complexity index is 254. The molecule has 0 spiro atoms. The number of likely N-dealkylation sites (N-methyl/N-ethyl adjacent to an activating group) is 1. The Kier molecular flexibility index (Phi) is 4.76. The molecule has 2 saturated heterocycles. The minimum atomic E-state index is -0.0589. The second kappa shape index (κ2) is 6.33. The summed E-state index contributed by atoms with van der Waals surface area (Å²) in [5.41, 5.74) is 0. The van der Waals surface area contributed by atoms with Crippen LogP contribution in [0.25, 0.3) is 0 Å². The fourth-order valence-corrected chi connectivity index (χ4v) is 2.43. The molecule has 2 fully saturated rings. The highest BCUT2D eigenvalue weighted by Gasteiger charge is 2.33. The van der Waals surface area contributed by atoms with Crippen LogP contribution in [0.5, 0.6) is 0 Å². The maximum Gasteiger partial charge on any atom is 0.227 e. The normalized spacial score (nSPS) is 32.9. The van der Waals surface area contributed by atoms with E-state index in [1.54, 1.807) is 0 Å². The SMILES string of the molecule is CCNC1COCC1C(=O)NCC1CCCO1. The second-order valence-corrected chi connectivity index (χ2v) is 4.69. The van der Waals surface area contributed by atoms with Gasteiger partial charge in [0.25, 0.3) is 0 Å². The predicted molar refractivity (Wildman–Crippen MR) is 63.8 cm³/mol. The van der Waals surface area contributed by atoms with Gasteiger partial charge in [0, 0.05) is 19.2 Å². The topological polar surface area (TPSA) is 59.6 Å². The molecule has 0 saturated carbocycles. The number of amides is 1. The smallest absolute Gasteiger partial charge is 0.227 e. The van der Waals surface area contributed by atoms with E-state index in [1.807, 2.05) is 6.92 Å². The van der Waals surface area contributed by atoms with Crippen molar-refractivity contribution in [1.29, 1.82) is 0 Å². The van der Waals surface area contributed by atoms with Gasteiger partial charge in [-0.1, -0.05) is 6.92 Å². The Morgan fingerprint density at radius 1 is 1.41 bits per heavy atom. The summed E-state index contributed by atoms with van der Waals surface area (Å²) in [7, 11) is 0. The lowest BCUT2D eigenvalue weighted by atomic mass is 10.0. The van der Waals surface area contributed by atoms with Crippen molar-refractivity contribution in [1.82, 2.24) is 10.6 Å². The molecule has 3 unspecified atom stereocenters. The van der Waals surface area contributed by atoms with E-state index in [-0.39, 0.29) is 24.0 Å². The molecule has 2 aliphatic rings. The number of nitrogens with one attached hydrogen (secondary N) is 2. The molecule has 0 aromatic heterocycles. The Labute approximate surface area is 102 Å². The number of hydrogen-bond acceptors (Lipinski definition) is 4. The van der Waals surface area contributed by atoms with Crippen LogP contribution < -0.4 is 10.6 Å². The molecule has 98 valence electrons. The number of carbonyl (C=O) groups is 1. The van der Waals surface area contributed by atoms with Gasteiger partial charge in [-0.25, -0.2) is 0 Å². The van der Waals surface area contributed by atoms with Gasteiger partial charge in [-0.2, -0.15) is 0 Å². The highest BCUT2D eigenvalue weighted by Crippen LogP contribution is 2.15. The van der Waals surface area contributed by atoms with E-state index in [1.165, 1.54) is 0 Å². The van der Waals surface area contributed by atoms with Crippen LogP contribution in [0.3, 0.4) is 0 Å². The second-order valence-electron chi connectivity index (χ2n) is 4.69. The van der Waals surface area contributed by atoms with Crippen molar-refractivity contribution in [3.05, 3.63) is 0 Å². The van der Waals surface area contributed by atoms with Gasteiger partial charge in [0.2, 0.25) is 5.91 Å². The maximum absolute atomic E-state index is 12.0. The van der Waals surface area contributed by atoms with Crippen molar-refractivity contribution >= 4 is 5.91 Å². The summed E-state index contributed by atoms with van der Waals surface area (Å²) in [6.07, 6.45) is 2.37. The lowest BCUT2D eigenvalue weighted by molar-refractivity contribution is -0.125. The first-order valence-electron chi connectivity index (χ1n) is 6.51. The van der Waals surface area contributed by atoms with Crippen molar-refractivity contribution in [2.75, 3.05) is 32.9 Å². The van der Waals surface area contributed by atoms with Crippen LogP contribution in [0.4, 0.5) is 0 Å². The van der Waals surface area contributed by atoms with Crippen molar-refractivity contribution in [3.8, 4) is 0 Å². The average Bonchev–Trinajstić information content (AvgIpc) is 2.97. The quantitative estimate of drug-likeness (QED) is 0.707. The molecule has 0 aromatic carbocycles. The molecule has 0 radical (unpaired) electrons. The van der Waals surface area contributed by atoms with Crippen LogP contribution in [-0.4, -0.2) is 51.0 Å². The number of hydrogen-bond donors (Lipinski definition) is 2. The summed E-state index contributed by atoms with van der Waals surface area (Å²) in [6, 6.07) is 0.157. The Hall–Kier alpha value is -0.650. The fraction of sp³-hybridized carbons (Fsp3) is 0.917. The molecular formula is C12H22N2O3. The molecule has 2 heterocycles. The molecule has 0 aromatic rings. The largest absolute Gasteiger partial charge is 0.379 e. The Morgan fingerprint density at radius 2 is 2.29 bits per heavy atom. The lowest BCUT2D eigenvalue weighted by Gasteiger charge is -2.19. The summed E-state index contributed by atoms with van der Waals surface area (Å²) < 4.78 is 10.8. The molecule has 2 rings (SSSR count). The van der Waals surface area contributed by atoms with Gasteiger partial charge in [-0.3, -0.25) is 4.79 Å². The average molecular weight is 242 g/mol. The molecular weight excluding hydrogens is 220 g/mol. The minimum Gasteiger partial charge on any atom is -0.379 e. The summed E-state index contributed by atoms with van der Waals surface area (Å²) in [4.78, 5) is 12.0. The first kappa shape index (κ1) is 12.8. The van der Waals surface area contributed by atoms with Crippen LogP contribution >= 0.6 is 0 Å². The molecule has 5 nitrogen and oxygen atoms in total. The highest BCUT2D eigenvalue weighted by molar-refractivity contribution is 5.79. The first-order valence-corrected chi connectivity index (χ1v) is 6.51. The maximum atomic E-state index is 12.0. The molecule has 2 aliphatic heterocycles. The molecule has 1 amide bonds. The summed E-state index contributed by atoms with van der Waals surface area (Å²) in [5.74, 6) is 0.0281. The predicted octanol–water partition coefficient (Wildman–Crippen LogP) is -0.0939. The molecule has 5 heteroatoms. The standard InChI is InChI=1S/C12H22N2O3/c1-2-13-11-8-16-7-10(11)12(15)14-6-9-4-3-5-17-9/h9-11,13H,2-8H2,1H3,(H,14,15). The van der Waals surface area contributed by atoms with Crippen molar-refractivity contribution in [3.63, 3.8) is 0 Å². The molecule has 0 aliphatic carbocycles. The number of ether oxygens (including phenoxy) is 2. The van der Waals surface area contributed by atoms with E-state index in [0.717, 1.165) is 26.0 Å². The van der Waals surface area contributed by atoms with Gasteiger partial charge in [0.1, 0.15) is 0 Å². The van der Waals surface area contributed by atoms with E-state index in [4.69, 9.17) is 9.47 Å². The van der Waals surface area contributed by atoms with Gasteiger partial charge < -0.3 is 20.1 Å². The van der Waals surface area contributed by atoms with Crippen LogP contribution in [0.2, 0.25) is 0 Å². The highest BCUT2D eigenvalue weighted by atomic mass is 16.5. The molecule has 17 heavy (non-hydrogen) atoms. The van der Waals surface area contributed by atoms with Crippen LogP contribution in [-0.2, 0) is 14.3 Å². The van der Waals surface area contributed by atoms with Crippen molar-refractivity contribution in [2.24, 2.45) is 5.92 Å². The van der Waals surface area contributed by atoms with Crippen molar-refractivity contribution < 1.29 is 14.3 Å². The molecule has 3 atom stereocenters. The first-order chi connectivity index (χ1) is 8.31. The zero-order valence-electron chi connectivity index (χ0n) is 10.4. The fourth-order valence-electron chi connectivity index (χ4n) is 2.43. The van der Waals surface area contributed by atoms with Gasteiger partial charge in [0.05, 0.1) is 25.2 Å². The summed E-state index contributed by atoms with van der Waals surface area (Å²) >= 11 is 0. The minimum absolute atomic E-state index is 0.0589. The Balaban J connectivity index is 1.74. The van der Waals surface area contributed by atoms with Crippen molar-refractivity contribution in [2.45, 2.75) is 31.9 Å². The van der Waals surface area contributed by atoms with Crippen LogP contribution in [0.15, 0.2) is 0 Å². The third-order valence-corrected chi connectivity index (χ3v) is 3.41. The number of rotatable bonds is 5. The third kappa shape index (κ3) is 3.40. The third-order valence-electron chi connectivity index (χ3n) is 3.41. The summed E-state index contributed by atoms with van der Waals surface area (Å²) in [6.45, 7) is 5.52. The molecule has 2 N–H and O–H groups in total. The number of carbonyl (C=O) groups excluding carboxylic acids is 1. The summed E-state index contributed by atoms with van der Waals surface area (Å²) in [5, 5.41) is 6.26. The van der Waals surface area contributed by atoms with Gasteiger partial charge >= 0.3 is 0 Å². The van der Waals surface area contributed by atoms with E-state index < -0.39 is 0 Å². The van der Waals surface area contributed by atoms with Crippen LogP contribution in [0, 0.1) is 5.92 Å². The van der Waals surface area contributed by atoms with E-state index in [2.05, 4.69) is 10.6 Å². The molecule has 0 bridgehead atoms. The van der Waals surface area contributed by atoms with E-state index in [0.29, 0.717) is 19.8 Å². The van der Waals surface area contributed by atoms with E-state index in [9.17, 15) is 4.79 Å².